The Morgan fingerprint density at radius 3 is 1.97 bits per heavy atom. The van der Waals surface area contributed by atoms with E-state index in [1.165, 1.54) is 0 Å². The molecule has 0 radical (unpaired) electrons. The molecule has 2 aromatic rings. The van der Waals surface area contributed by atoms with Crippen molar-refractivity contribution in [2.24, 2.45) is 0 Å². The Labute approximate surface area is 181 Å². The van der Waals surface area contributed by atoms with Gasteiger partial charge in [-0.05, 0) is 56.3 Å². The van der Waals surface area contributed by atoms with E-state index in [9.17, 15) is 44.3 Å². The molecule has 0 aliphatic carbocycles. The summed E-state index contributed by atoms with van der Waals surface area (Å²) in [6.07, 6.45) is -20.9. The number of carbonyl (C=O) groups excluding carboxylic acids is 1. The standard InChI is InChI=1S/C20H16F9NO3/c1-10(2)32-15-8-5-12(18(22,23)24)9-14(15)30-16(31)11-3-6-13(7-4-11)33-20(28,29)17(21)19(25,26)27/h3-10,17H,1-2H3,(H,30,31). The highest BCUT2D eigenvalue weighted by Crippen LogP contribution is 2.37. The van der Waals surface area contributed by atoms with Crippen LogP contribution < -0.4 is 14.8 Å². The van der Waals surface area contributed by atoms with Gasteiger partial charge in [-0.1, -0.05) is 0 Å². The summed E-state index contributed by atoms with van der Waals surface area (Å²) in [6.45, 7) is 3.19. The molecule has 33 heavy (non-hydrogen) atoms. The Kier molecular flexibility index (Phi) is 7.44. The Morgan fingerprint density at radius 1 is 0.909 bits per heavy atom. The largest absolute Gasteiger partial charge is 0.489 e. The minimum absolute atomic E-state index is 0.0768. The second-order valence-electron chi connectivity index (χ2n) is 6.92. The molecular weight excluding hydrogens is 473 g/mol. The summed E-state index contributed by atoms with van der Waals surface area (Å²) in [4.78, 5) is 12.4. The Balaban J connectivity index is 2.22. The fraction of sp³-hybridized carbons (Fsp3) is 0.350. The maximum Gasteiger partial charge on any atom is 0.439 e. The highest BCUT2D eigenvalue weighted by atomic mass is 19.4. The van der Waals surface area contributed by atoms with Crippen LogP contribution in [-0.2, 0) is 6.18 Å². The average Bonchev–Trinajstić information content (AvgIpc) is 2.67. The first-order valence-electron chi connectivity index (χ1n) is 9.07. The fourth-order valence-electron chi connectivity index (χ4n) is 2.43. The van der Waals surface area contributed by atoms with Gasteiger partial charge in [0.2, 0.25) is 0 Å². The Bertz CT molecular complexity index is 970. The lowest BCUT2D eigenvalue weighted by atomic mass is 10.1. The van der Waals surface area contributed by atoms with Gasteiger partial charge < -0.3 is 14.8 Å². The van der Waals surface area contributed by atoms with Gasteiger partial charge in [-0.2, -0.15) is 35.1 Å². The molecule has 0 aliphatic heterocycles. The van der Waals surface area contributed by atoms with Crippen LogP contribution in [-0.4, -0.2) is 30.5 Å². The number of rotatable bonds is 7. The van der Waals surface area contributed by atoms with Crippen molar-refractivity contribution >= 4 is 11.6 Å². The van der Waals surface area contributed by atoms with Gasteiger partial charge in [-0.3, -0.25) is 4.79 Å². The minimum Gasteiger partial charge on any atom is -0.489 e. The predicted octanol–water partition coefficient (Wildman–Crippen LogP) is 6.62. The summed E-state index contributed by atoms with van der Waals surface area (Å²) >= 11 is 0. The normalized spacial score (nSPS) is 13.6. The SMILES string of the molecule is CC(C)Oc1ccc(C(F)(F)F)cc1NC(=O)c1ccc(OC(F)(F)C(F)C(F)(F)F)cc1. The summed E-state index contributed by atoms with van der Waals surface area (Å²) in [7, 11) is 0. The number of ether oxygens (including phenoxy) is 2. The molecule has 0 aliphatic rings. The van der Waals surface area contributed by atoms with Crippen LogP contribution in [0.5, 0.6) is 11.5 Å². The van der Waals surface area contributed by atoms with Gasteiger partial charge in [0, 0.05) is 5.56 Å². The number of anilines is 1. The maximum absolute atomic E-state index is 13.3. The quantitative estimate of drug-likeness (QED) is 0.445. The molecule has 0 saturated carbocycles. The van der Waals surface area contributed by atoms with E-state index >= 15 is 0 Å². The van der Waals surface area contributed by atoms with Gasteiger partial charge >= 0.3 is 18.5 Å². The first-order chi connectivity index (χ1) is 15.0. The van der Waals surface area contributed by atoms with E-state index in [0.717, 1.165) is 24.3 Å². The van der Waals surface area contributed by atoms with Crippen molar-refractivity contribution in [2.75, 3.05) is 5.32 Å². The smallest absolute Gasteiger partial charge is 0.439 e. The van der Waals surface area contributed by atoms with E-state index in [4.69, 9.17) is 4.74 Å². The lowest BCUT2D eigenvalue weighted by Gasteiger charge is -2.23. The number of halogens is 9. The van der Waals surface area contributed by atoms with Gasteiger partial charge in [0.15, 0.2) is 0 Å². The Hall–Kier alpha value is -3.12. The monoisotopic (exact) mass is 489 g/mol. The number of benzene rings is 2. The summed E-state index contributed by atoms with van der Waals surface area (Å²) in [5, 5.41) is 2.19. The zero-order chi connectivity index (χ0) is 25.2. The second-order valence-corrected chi connectivity index (χ2v) is 6.92. The van der Waals surface area contributed by atoms with E-state index in [1.54, 1.807) is 13.8 Å². The molecule has 0 saturated heterocycles. The molecule has 13 heteroatoms. The minimum atomic E-state index is -5.87. The van der Waals surface area contributed by atoms with Crippen LogP contribution in [0.15, 0.2) is 42.5 Å². The van der Waals surface area contributed by atoms with Gasteiger partial charge in [0.05, 0.1) is 17.4 Å². The first-order valence-corrected chi connectivity index (χ1v) is 9.07. The third kappa shape index (κ3) is 6.93. The van der Waals surface area contributed by atoms with Crippen LogP contribution in [0.2, 0.25) is 0 Å². The zero-order valence-corrected chi connectivity index (χ0v) is 16.8. The van der Waals surface area contributed by atoms with Gasteiger partial charge in [0.25, 0.3) is 12.1 Å². The van der Waals surface area contributed by atoms with E-state index < -0.39 is 48.0 Å². The number of hydrogen-bond donors (Lipinski definition) is 1. The molecule has 1 amide bonds. The van der Waals surface area contributed by atoms with E-state index in [-0.39, 0.29) is 17.0 Å². The second kappa shape index (κ2) is 9.40. The average molecular weight is 489 g/mol. The van der Waals surface area contributed by atoms with Crippen LogP contribution in [0, 0.1) is 0 Å². The molecule has 1 atom stereocenters. The molecule has 0 aromatic heterocycles. The van der Waals surface area contributed by atoms with Gasteiger partial charge in [0.1, 0.15) is 11.5 Å². The first kappa shape index (κ1) is 26.1. The molecule has 2 aromatic carbocycles. The van der Waals surface area contributed by atoms with Gasteiger partial charge in [-0.25, -0.2) is 4.39 Å². The van der Waals surface area contributed by atoms with E-state index in [2.05, 4.69) is 10.1 Å². The van der Waals surface area contributed by atoms with Crippen molar-refractivity contribution in [1.82, 2.24) is 0 Å². The summed E-state index contributed by atoms with van der Waals surface area (Å²) in [5.74, 6) is -1.95. The highest BCUT2D eigenvalue weighted by Gasteiger charge is 2.59. The molecular formula is C20H16F9NO3. The van der Waals surface area contributed by atoms with Crippen LogP contribution in [0.25, 0.3) is 0 Å². The van der Waals surface area contributed by atoms with Crippen molar-refractivity contribution in [3.63, 3.8) is 0 Å². The number of hydrogen-bond acceptors (Lipinski definition) is 3. The topological polar surface area (TPSA) is 47.6 Å². The summed E-state index contributed by atoms with van der Waals surface area (Å²) in [6, 6.07) is 5.42. The molecule has 1 N–H and O–H groups in total. The summed E-state index contributed by atoms with van der Waals surface area (Å²) in [5.41, 5.74) is -1.68. The van der Waals surface area contributed by atoms with E-state index in [1.807, 2.05) is 0 Å². The molecule has 2 rings (SSSR count). The lowest BCUT2D eigenvalue weighted by molar-refractivity contribution is -0.304. The number of amides is 1. The van der Waals surface area contributed by atoms with Crippen molar-refractivity contribution in [1.29, 1.82) is 0 Å². The number of nitrogens with one attached hydrogen (secondary N) is 1. The predicted molar refractivity (Wildman–Crippen MR) is 98.1 cm³/mol. The van der Waals surface area contributed by atoms with Crippen LogP contribution in [0.3, 0.4) is 0 Å². The van der Waals surface area contributed by atoms with Crippen LogP contribution >= 0.6 is 0 Å². The maximum atomic E-state index is 13.3. The third-order valence-electron chi connectivity index (χ3n) is 3.87. The van der Waals surface area contributed by atoms with E-state index in [0.29, 0.717) is 18.2 Å². The molecule has 4 nitrogen and oxygen atoms in total. The fourth-order valence-corrected chi connectivity index (χ4v) is 2.43. The van der Waals surface area contributed by atoms with Crippen molar-refractivity contribution in [3.05, 3.63) is 53.6 Å². The molecule has 0 spiro atoms. The molecule has 182 valence electrons. The van der Waals surface area contributed by atoms with Crippen molar-refractivity contribution < 1.29 is 53.8 Å². The molecule has 0 heterocycles. The Morgan fingerprint density at radius 2 is 1.48 bits per heavy atom. The summed E-state index contributed by atoms with van der Waals surface area (Å²) < 4.78 is 124. The van der Waals surface area contributed by atoms with Crippen molar-refractivity contribution in [3.8, 4) is 11.5 Å². The molecule has 0 bridgehead atoms. The third-order valence-corrected chi connectivity index (χ3v) is 3.87. The molecule has 1 unspecified atom stereocenters. The zero-order valence-electron chi connectivity index (χ0n) is 16.8. The van der Waals surface area contributed by atoms with Crippen LogP contribution in [0.4, 0.5) is 45.2 Å². The lowest BCUT2D eigenvalue weighted by Crippen LogP contribution is -2.45. The van der Waals surface area contributed by atoms with Crippen molar-refractivity contribution in [2.45, 2.75) is 44.6 Å². The number of alkyl halides is 9. The highest BCUT2D eigenvalue weighted by molar-refractivity contribution is 6.05. The van der Waals surface area contributed by atoms with Crippen LogP contribution in [0.1, 0.15) is 29.8 Å². The number of carbonyl (C=O) groups is 1. The molecule has 0 fully saturated rings. The van der Waals surface area contributed by atoms with Gasteiger partial charge in [-0.15, -0.1) is 0 Å².